The first-order valence-corrected chi connectivity index (χ1v) is 10.9. The Kier molecular flexibility index (Phi) is 7.59. The van der Waals surface area contributed by atoms with Crippen molar-refractivity contribution in [3.63, 3.8) is 0 Å². The van der Waals surface area contributed by atoms with Gasteiger partial charge in [-0.2, -0.15) is 14.9 Å². The summed E-state index contributed by atoms with van der Waals surface area (Å²) in [7, 11) is 1.62. The van der Waals surface area contributed by atoms with Crippen molar-refractivity contribution in [1.82, 2.24) is 24.7 Å². The molecule has 1 aromatic carbocycles. The topological polar surface area (TPSA) is 122 Å². The molecule has 0 spiro atoms. The number of aromatic nitrogens is 5. The Bertz CT molecular complexity index is 1140. The van der Waals surface area contributed by atoms with E-state index in [0.717, 1.165) is 16.9 Å². The molecule has 0 bridgehead atoms. The van der Waals surface area contributed by atoms with Crippen molar-refractivity contribution in [2.45, 2.75) is 45.3 Å². The van der Waals surface area contributed by atoms with E-state index in [1.807, 2.05) is 25.1 Å². The van der Waals surface area contributed by atoms with E-state index in [1.165, 1.54) is 11.8 Å². The lowest BCUT2D eigenvalue weighted by atomic mass is 10.1. The molecule has 11 nitrogen and oxygen atoms in total. The summed E-state index contributed by atoms with van der Waals surface area (Å²) >= 11 is 1.34. The zero-order chi connectivity index (χ0) is 23.3. The Hall–Kier alpha value is -3.25. The van der Waals surface area contributed by atoms with Gasteiger partial charge in [0.05, 0.1) is 30.7 Å². The van der Waals surface area contributed by atoms with Crippen molar-refractivity contribution in [1.29, 1.82) is 0 Å². The smallest absolute Gasteiger partial charge is 0.312 e. The molecule has 0 fully saturated rings. The minimum Gasteiger partial charge on any atom is -0.496 e. The van der Waals surface area contributed by atoms with Crippen molar-refractivity contribution < 1.29 is 14.4 Å². The zero-order valence-electron chi connectivity index (χ0n) is 18.6. The van der Waals surface area contributed by atoms with Crippen LogP contribution in [-0.4, -0.2) is 49.5 Å². The van der Waals surface area contributed by atoms with E-state index >= 15 is 0 Å². The minimum atomic E-state index is -0.412. The third-order valence-corrected chi connectivity index (χ3v) is 5.58. The number of rotatable bonds is 10. The molecule has 0 atom stereocenters. The summed E-state index contributed by atoms with van der Waals surface area (Å²) in [4.78, 5) is 10.8. The quantitative estimate of drug-likeness (QED) is 0.195. The van der Waals surface area contributed by atoms with E-state index in [-0.39, 0.29) is 5.69 Å². The van der Waals surface area contributed by atoms with Gasteiger partial charge in [0.1, 0.15) is 17.1 Å². The van der Waals surface area contributed by atoms with Gasteiger partial charge in [0, 0.05) is 12.2 Å². The number of hydrogen-bond donors (Lipinski definition) is 0. The van der Waals surface area contributed by atoms with Gasteiger partial charge in [0.2, 0.25) is 5.16 Å². The zero-order valence-corrected chi connectivity index (χ0v) is 19.4. The van der Waals surface area contributed by atoms with Crippen molar-refractivity contribution >= 4 is 23.7 Å². The van der Waals surface area contributed by atoms with Crippen LogP contribution in [0.1, 0.15) is 35.3 Å². The van der Waals surface area contributed by atoms with Crippen LogP contribution in [-0.2, 0) is 17.2 Å². The summed E-state index contributed by atoms with van der Waals surface area (Å²) in [6.07, 6.45) is 1.71. The van der Waals surface area contributed by atoms with E-state index in [2.05, 4.69) is 20.4 Å². The predicted octanol–water partition coefficient (Wildman–Crippen LogP) is 3.49. The Morgan fingerprint density at radius 3 is 2.72 bits per heavy atom. The maximum Gasteiger partial charge on any atom is 0.312 e. The second-order valence-electron chi connectivity index (χ2n) is 6.84. The molecule has 0 amide bonds. The van der Waals surface area contributed by atoms with Gasteiger partial charge in [0.25, 0.3) is 0 Å². The highest BCUT2D eigenvalue weighted by atomic mass is 32.2. The maximum atomic E-state index is 11.2. The first kappa shape index (κ1) is 23.4. The fourth-order valence-corrected chi connectivity index (χ4v) is 3.97. The third-order valence-electron chi connectivity index (χ3n) is 4.70. The van der Waals surface area contributed by atoms with Gasteiger partial charge >= 0.3 is 5.69 Å². The van der Waals surface area contributed by atoms with Crippen molar-refractivity contribution in [3.05, 3.63) is 56.7 Å². The molecule has 2 aromatic heterocycles. The molecular formula is C20H25N7O4S. The van der Waals surface area contributed by atoms with Gasteiger partial charge in [-0.15, -0.1) is 10.2 Å². The molecule has 0 saturated carbocycles. The second kappa shape index (κ2) is 10.4. The lowest BCUT2D eigenvalue weighted by Gasteiger charge is -2.09. The van der Waals surface area contributed by atoms with Gasteiger partial charge in [-0.3, -0.25) is 14.8 Å². The lowest BCUT2D eigenvalue weighted by Crippen LogP contribution is -2.03. The molecule has 0 radical (unpaired) electrons. The number of nitro groups is 1. The highest BCUT2D eigenvalue weighted by Crippen LogP contribution is 2.26. The number of nitrogens with zero attached hydrogens (tertiary/aromatic N) is 7. The van der Waals surface area contributed by atoms with Crippen molar-refractivity contribution in [3.8, 4) is 5.75 Å². The largest absolute Gasteiger partial charge is 0.496 e. The van der Waals surface area contributed by atoms with Gasteiger partial charge in [0.15, 0.2) is 5.82 Å². The first-order valence-electron chi connectivity index (χ1n) is 9.87. The average molecular weight is 460 g/mol. The molecule has 0 aliphatic heterocycles. The standard InChI is InChI=1S/C20H25N7O4S/c1-6-31-11-17-9-16(7-8-18(17)30-5)10-21-26-15(4)22-23-20(26)32-12-25-14(3)19(27(28)29)13(2)24-25/h7-10H,6,11-12H2,1-5H3/b21-10-. The molecule has 12 heteroatoms. The van der Waals surface area contributed by atoms with E-state index in [0.29, 0.717) is 41.5 Å². The normalized spacial score (nSPS) is 11.4. The van der Waals surface area contributed by atoms with E-state index < -0.39 is 4.92 Å². The summed E-state index contributed by atoms with van der Waals surface area (Å²) in [5.41, 5.74) is 2.71. The predicted molar refractivity (Wildman–Crippen MR) is 120 cm³/mol. The van der Waals surface area contributed by atoms with Gasteiger partial charge in [-0.1, -0.05) is 11.8 Å². The molecule has 3 aromatic rings. The first-order chi connectivity index (χ1) is 15.3. The molecule has 170 valence electrons. The molecule has 0 N–H and O–H groups in total. The molecular weight excluding hydrogens is 434 g/mol. The Morgan fingerprint density at radius 2 is 2.06 bits per heavy atom. The van der Waals surface area contributed by atoms with Gasteiger partial charge in [-0.05, 0) is 51.5 Å². The monoisotopic (exact) mass is 459 g/mol. The van der Waals surface area contributed by atoms with Crippen LogP contribution in [0.15, 0.2) is 28.5 Å². The Labute approximate surface area is 189 Å². The summed E-state index contributed by atoms with van der Waals surface area (Å²) in [6.45, 7) is 8.10. The summed E-state index contributed by atoms with van der Waals surface area (Å²) in [5.74, 6) is 1.72. The van der Waals surface area contributed by atoms with E-state index in [1.54, 1.807) is 43.5 Å². The average Bonchev–Trinajstić information content (AvgIpc) is 3.26. The van der Waals surface area contributed by atoms with E-state index in [4.69, 9.17) is 9.47 Å². The fraction of sp³-hybridized carbons (Fsp3) is 0.400. The van der Waals surface area contributed by atoms with Crippen LogP contribution in [0.25, 0.3) is 0 Å². The van der Waals surface area contributed by atoms with Crippen LogP contribution >= 0.6 is 11.8 Å². The van der Waals surface area contributed by atoms with Crippen LogP contribution in [0.3, 0.4) is 0 Å². The Morgan fingerprint density at radius 1 is 1.28 bits per heavy atom. The molecule has 2 heterocycles. The SMILES string of the molecule is CCOCc1cc(/C=N\n2c(C)nnc2SCn2nc(C)c([N+](=O)[O-])c2C)ccc1OC. The number of benzene rings is 1. The lowest BCUT2D eigenvalue weighted by molar-refractivity contribution is -0.386. The molecule has 32 heavy (non-hydrogen) atoms. The molecule has 0 aliphatic carbocycles. The van der Waals surface area contributed by atoms with Crippen LogP contribution in [0.5, 0.6) is 5.75 Å². The fourth-order valence-electron chi connectivity index (χ4n) is 3.09. The number of aryl methyl sites for hydroxylation is 2. The second-order valence-corrected chi connectivity index (χ2v) is 7.76. The number of hydrogen-bond acceptors (Lipinski definition) is 9. The number of thioether (sulfide) groups is 1. The van der Waals surface area contributed by atoms with Gasteiger partial charge < -0.3 is 9.47 Å². The Balaban J connectivity index is 1.79. The van der Waals surface area contributed by atoms with Crippen LogP contribution in [0.4, 0.5) is 5.69 Å². The van der Waals surface area contributed by atoms with Crippen LogP contribution in [0.2, 0.25) is 0 Å². The summed E-state index contributed by atoms with van der Waals surface area (Å²) in [5, 5.41) is 28.8. The van der Waals surface area contributed by atoms with E-state index in [9.17, 15) is 10.1 Å². The minimum absolute atomic E-state index is 0.0311. The summed E-state index contributed by atoms with van der Waals surface area (Å²) in [6, 6.07) is 5.74. The maximum absolute atomic E-state index is 11.2. The third kappa shape index (κ3) is 5.14. The molecule has 0 unspecified atom stereocenters. The highest BCUT2D eigenvalue weighted by molar-refractivity contribution is 7.98. The van der Waals surface area contributed by atoms with Crippen LogP contribution in [0, 0.1) is 30.9 Å². The molecule has 3 rings (SSSR count). The number of ether oxygens (including phenoxy) is 2. The van der Waals surface area contributed by atoms with Crippen molar-refractivity contribution in [2.24, 2.45) is 5.10 Å². The summed E-state index contributed by atoms with van der Waals surface area (Å²) < 4.78 is 14.1. The highest BCUT2D eigenvalue weighted by Gasteiger charge is 2.22. The van der Waals surface area contributed by atoms with Gasteiger partial charge in [-0.25, -0.2) is 0 Å². The van der Waals surface area contributed by atoms with Crippen LogP contribution < -0.4 is 4.74 Å². The molecule has 0 saturated heterocycles. The van der Waals surface area contributed by atoms with Crippen molar-refractivity contribution in [2.75, 3.05) is 13.7 Å². The number of methoxy groups -OCH3 is 1. The molecule has 0 aliphatic rings.